The van der Waals surface area contributed by atoms with E-state index in [9.17, 15) is 4.79 Å². The van der Waals surface area contributed by atoms with Gasteiger partial charge >= 0.3 is 0 Å². The summed E-state index contributed by atoms with van der Waals surface area (Å²) in [5.41, 5.74) is 7.08. The Balaban J connectivity index is 2.38. The molecule has 4 heteroatoms. The molecule has 2 aromatic heterocycles. The van der Waals surface area contributed by atoms with Crippen LogP contribution in [-0.4, -0.2) is 10.9 Å². The SMILES string of the molecule is NC(=O)c1sc2ccccc2c1-c1ccccn1. The first-order chi connectivity index (χ1) is 8.77. The molecular formula is C14H10N2OS. The molecule has 0 radical (unpaired) electrons. The van der Waals surface area contributed by atoms with Gasteiger partial charge in [-0.15, -0.1) is 11.3 Å². The van der Waals surface area contributed by atoms with E-state index in [1.54, 1.807) is 6.20 Å². The first-order valence-electron chi connectivity index (χ1n) is 5.50. The van der Waals surface area contributed by atoms with Gasteiger partial charge in [0.1, 0.15) is 4.88 Å². The summed E-state index contributed by atoms with van der Waals surface area (Å²) >= 11 is 1.41. The van der Waals surface area contributed by atoms with E-state index in [4.69, 9.17) is 5.73 Å². The summed E-state index contributed by atoms with van der Waals surface area (Å²) in [6, 6.07) is 13.5. The Kier molecular flexibility index (Phi) is 2.57. The van der Waals surface area contributed by atoms with Crippen LogP contribution in [0.3, 0.4) is 0 Å². The number of hydrogen-bond donors (Lipinski definition) is 1. The lowest BCUT2D eigenvalue weighted by atomic mass is 10.1. The molecule has 18 heavy (non-hydrogen) atoms. The van der Waals surface area contributed by atoms with Gasteiger partial charge in [0.25, 0.3) is 5.91 Å². The van der Waals surface area contributed by atoms with Gasteiger partial charge in [0, 0.05) is 21.8 Å². The summed E-state index contributed by atoms with van der Waals surface area (Å²) in [5.74, 6) is -0.406. The topological polar surface area (TPSA) is 56.0 Å². The Morgan fingerprint density at radius 2 is 1.89 bits per heavy atom. The molecule has 0 aliphatic carbocycles. The number of carbonyl (C=O) groups excluding carboxylic acids is 1. The second-order valence-corrected chi connectivity index (χ2v) is 4.93. The molecule has 0 saturated carbocycles. The highest BCUT2D eigenvalue weighted by Crippen LogP contribution is 2.37. The number of benzene rings is 1. The Labute approximate surface area is 108 Å². The predicted molar refractivity (Wildman–Crippen MR) is 73.6 cm³/mol. The van der Waals surface area contributed by atoms with E-state index < -0.39 is 5.91 Å². The van der Waals surface area contributed by atoms with Crippen molar-refractivity contribution in [1.82, 2.24) is 4.98 Å². The van der Waals surface area contributed by atoms with Crippen LogP contribution in [-0.2, 0) is 0 Å². The first-order valence-corrected chi connectivity index (χ1v) is 6.32. The van der Waals surface area contributed by atoms with E-state index in [1.165, 1.54) is 11.3 Å². The van der Waals surface area contributed by atoms with Gasteiger partial charge in [-0.2, -0.15) is 0 Å². The molecule has 88 valence electrons. The van der Waals surface area contributed by atoms with Gasteiger partial charge in [0.2, 0.25) is 0 Å². The molecule has 0 unspecified atom stereocenters. The van der Waals surface area contributed by atoms with Crippen LogP contribution in [0.2, 0.25) is 0 Å². The fourth-order valence-corrected chi connectivity index (χ4v) is 3.05. The molecule has 0 saturated heterocycles. The quantitative estimate of drug-likeness (QED) is 0.764. The van der Waals surface area contributed by atoms with Crippen molar-refractivity contribution >= 4 is 27.3 Å². The zero-order valence-corrected chi connectivity index (χ0v) is 10.3. The van der Waals surface area contributed by atoms with Gasteiger partial charge in [0.15, 0.2) is 0 Å². The summed E-state index contributed by atoms with van der Waals surface area (Å²) in [4.78, 5) is 16.4. The summed E-state index contributed by atoms with van der Waals surface area (Å²) in [6.07, 6.45) is 1.71. The van der Waals surface area contributed by atoms with E-state index in [0.717, 1.165) is 21.3 Å². The maximum Gasteiger partial charge on any atom is 0.259 e. The van der Waals surface area contributed by atoms with Crippen LogP contribution in [0.1, 0.15) is 9.67 Å². The van der Waals surface area contributed by atoms with Crippen molar-refractivity contribution in [1.29, 1.82) is 0 Å². The molecule has 1 amide bonds. The zero-order valence-electron chi connectivity index (χ0n) is 9.46. The lowest BCUT2D eigenvalue weighted by molar-refractivity contribution is 0.100. The van der Waals surface area contributed by atoms with Gasteiger partial charge in [-0.3, -0.25) is 9.78 Å². The number of pyridine rings is 1. The van der Waals surface area contributed by atoms with Crippen LogP contribution in [0.5, 0.6) is 0 Å². The van der Waals surface area contributed by atoms with Crippen LogP contribution in [0.4, 0.5) is 0 Å². The van der Waals surface area contributed by atoms with Crippen LogP contribution >= 0.6 is 11.3 Å². The molecule has 2 N–H and O–H groups in total. The molecule has 0 fully saturated rings. The van der Waals surface area contributed by atoms with Gasteiger partial charge in [-0.05, 0) is 18.2 Å². The van der Waals surface area contributed by atoms with Gasteiger partial charge in [-0.1, -0.05) is 24.3 Å². The molecule has 3 rings (SSSR count). The Morgan fingerprint density at radius 3 is 2.61 bits per heavy atom. The number of thiophene rings is 1. The first kappa shape index (κ1) is 10.9. The third-order valence-electron chi connectivity index (χ3n) is 2.74. The maximum absolute atomic E-state index is 11.6. The Hall–Kier alpha value is -2.20. The minimum Gasteiger partial charge on any atom is -0.365 e. The molecule has 0 aliphatic heterocycles. The maximum atomic E-state index is 11.6. The predicted octanol–water partition coefficient (Wildman–Crippen LogP) is 3.06. The van der Waals surface area contributed by atoms with Gasteiger partial charge < -0.3 is 5.73 Å². The standard InChI is InChI=1S/C14H10N2OS/c15-14(17)13-12(10-6-3-4-8-16-10)9-5-1-2-7-11(9)18-13/h1-8H,(H2,15,17). The molecule has 3 aromatic rings. The molecule has 0 atom stereocenters. The highest BCUT2D eigenvalue weighted by molar-refractivity contribution is 7.21. The monoisotopic (exact) mass is 254 g/mol. The number of nitrogens with zero attached hydrogens (tertiary/aromatic N) is 1. The number of hydrogen-bond acceptors (Lipinski definition) is 3. The van der Waals surface area contributed by atoms with E-state index in [1.807, 2.05) is 42.5 Å². The average molecular weight is 254 g/mol. The number of amides is 1. The fraction of sp³-hybridized carbons (Fsp3) is 0. The third-order valence-corrected chi connectivity index (χ3v) is 3.93. The smallest absolute Gasteiger partial charge is 0.259 e. The number of rotatable bonds is 2. The lowest BCUT2D eigenvalue weighted by Crippen LogP contribution is -2.10. The minimum absolute atomic E-state index is 0.406. The third kappa shape index (κ3) is 1.67. The minimum atomic E-state index is -0.406. The van der Waals surface area contributed by atoms with Crippen molar-refractivity contribution in [2.24, 2.45) is 5.73 Å². The molecule has 1 aromatic carbocycles. The Bertz CT molecular complexity index is 719. The fourth-order valence-electron chi connectivity index (χ4n) is 1.98. The van der Waals surface area contributed by atoms with Gasteiger partial charge in [0.05, 0.1) is 5.69 Å². The van der Waals surface area contributed by atoms with Crippen molar-refractivity contribution in [2.45, 2.75) is 0 Å². The highest BCUT2D eigenvalue weighted by Gasteiger charge is 2.17. The second-order valence-electron chi connectivity index (χ2n) is 3.88. The van der Waals surface area contributed by atoms with Crippen molar-refractivity contribution < 1.29 is 4.79 Å². The summed E-state index contributed by atoms with van der Waals surface area (Å²) < 4.78 is 1.05. The van der Waals surface area contributed by atoms with E-state index >= 15 is 0 Å². The molecule has 3 nitrogen and oxygen atoms in total. The van der Waals surface area contributed by atoms with E-state index in [2.05, 4.69) is 4.98 Å². The van der Waals surface area contributed by atoms with Gasteiger partial charge in [-0.25, -0.2) is 0 Å². The number of nitrogens with two attached hydrogens (primary N) is 1. The number of carbonyl (C=O) groups is 1. The number of fused-ring (bicyclic) bond motifs is 1. The van der Waals surface area contributed by atoms with E-state index in [0.29, 0.717) is 4.88 Å². The summed E-state index contributed by atoms with van der Waals surface area (Å²) in [7, 11) is 0. The number of primary amides is 1. The van der Waals surface area contributed by atoms with Crippen LogP contribution in [0.15, 0.2) is 48.7 Å². The van der Waals surface area contributed by atoms with Crippen molar-refractivity contribution in [3.05, 3.63) is 53.5 Å². The van der Waals surface area contributed by atoms with E-state index in [-0.39, 0.29) is 0 Å². The second kappa shape index (κ2) is 4.23. The zero-order chi connectivity index (χ0) is 12.5. The molecular weight excluding hydrogens is 244 g/mol. The van der Waals surface area contributed by atoms with Crippen molar-refractivity contribution in [3.63, 3.8) is 0 Å². The molecule has 0 bridgehead atoms. The van der Waals surface area contributed by atoms with Crippen molar-refractivity contribution in [3.8, 4) is 11.3 Å². The molecule has 0 aliphatic rings. The van der Waals surface area contributed by atoms with Crippen LogP contribution in [0, 0.1) is 0 Å². The summed E-state index contributed by atoms with van der Waals surface area (Å²) in [5, 5.41) is 1.02. The summed E-state index contributed by atoms with van der Waals surface area (Å²) in [6.45, 7) is 0. The Morgan fingerprint density at radius 1 is 1.11 bits per heavy atom. The normalized spacial score (nSPS) is 10.7. The average Bonchev–Trinajstić information content (AvgIpc) is 2.79. The van der Waals surface area contributed by atoms with Crippen LogP contribution < -0.4 is 5.73 Å². The molecule has 0 spiro atoms. The molecule has 2 heterocycles. The van der Waals surface area contributed by atoms with Crippen molar-refractivity contribution in [2.75, 3.05) is 0 Å². The highest BCUT2D eigenvalue weighted by atomic mass is 32.1. The largest absolute Gasteiger partial charge is 0.365 e. The lowest BCUT2D eigenvalue weighted by Gasteiger charge is -2.01. The van der Waals surface area contributed by atoms with Crippen LogP contribution in [0.25, 0.3) is 21.3 Å². The number of aromatic nitrogens is 1.